The van der Waals surface area contributed by atoms with E-state index >= 15 is 0 Å². The number of non-ortho nitro benzene ring substituents is 1. The van der Waals surface area contributed by atoms with Gasteiger partial charge >= 0.3 is 11.9 Å². The molecule has 1 atom stereocenters. The van der Waals surface area contributed by atoms with Crippen LogP contribution in [0.3, 0.4) is 0 Å². The van der Waals surface area contributed by atoms with Gasteiger partial charge in [-0.05, 0) is 12.5 Å². The van der Waals surface area contributed by atoms with E-state index in [-0.39, 0.29) is 22.9 Å². The van der Waals surface area contributed by atoms with E-state index < -0.39 is 22.9 Å². The molecule has 0 bridgehead atoms. The number of nitro groups is 1. The van der Waals surface area contributed by atoms with E-state index in [4.69, 9.17) is 4.74 Å². The number of carbonyl (C=O) groups is 2. The fourth-order valence-electron chi connectivity index (χ4n) is 2.94. The van der Waals surface area contributed by atoms with Crippen LogP contribution in [0.4, 0.5) is 11.6 Å². The van der Waals surface area contributed by atoms with Crippen molar-refractivity contribution in [3.63, 3.8) is 0 Å². The molecule has 0 radical (unpaired) electrons. The first-order valence-corrected chi connectivity index (χ1v) is 7.46. The Kier molecular flexibility index (Phi) is 4.16. The number of aromatic carboxylic acids is 1. The number of allylic oxidation sites excluding steroid dienone is 1. The second-order valence-electron chi connectivity index (χ2n) is 5.55. The van der Waals surface area contributed by atoms with E-state index in [2.05, 4.69) is 10.3 Å². The highest BCUT2D eigenvalue weighted by molar-refractivity contribution is 5.94. The van der Waals surface area contributed by atoms with Crippen molar-refractivity contribution in [3.05, 3.63) is 63.1 Å². The van der Waals surface area contributed by atoms with E-state index in [9.17, 15) is 24.8 Å². The van der Waals surface area contributed by atoms with Crippen molar-refractivity contribution in [2.75, 3.05) is 12.4 Å². The summed E-state index contributed by atoms with van der Waals surface area (Å²) < 4.78 is 6.14. The highest BCUT2D eigenvalue weighted by atomic mass is 16.6. The van der Waals surface area contributed by atoms with Crippen molar-refractivity contribution in [1.29, 1.82) is 0 Å². The molecule has 0 aliphatic carbocycles. The van der Waals surface area contributed by atoms with Crippen LogP contribution in [0, 0.1) is 10.1 Å². The molecule has 1 aliphatic heterocycles. The molecule has 10 heteroatoms. The van der Waals surface area contributed by atoms with Gasteiger partial charge < -0.3 is 15.2 Å². The summed E-state index contributed by atoms with van der Waals surface area (Å²) >= 11 is 0. The lowest BCUT2D eigenvalue weighted by atomic mass is 9.94. The molecule has 1 aromatic carbocycles. The van der Waals surface area contributed by atoms with Crippen LogP contribution < -0.4 is 5.32 Å². The van der Waals surface area contributed by atoms with Crippen LogP contribution in [0.2, 0.25) is 0 Å². The molecule has 0 fully saturated rings. The Morgan fingerprint density at radius 3 is 2.77 bits per heavy atom. The highest BCUT2D eigenvalue weighted by Gasteiger charge is 2.36. The first-order chi connectivity index (χ1) is 12.3. The van der Waals surface area contributed by atoms with Crippen molar-refractivity contribution >= 4 is 23.6 Å². The topological polar surface area (TPSA) is 137 Å². The van der Waals surface area contributed by atoms with E-state index in [1.54, 1.807) is 13.0 Å². The molecular weight excluding hydrogens is 344 g/mol. The predicted octanol–water partition coefficient (Wildman–Crippen LogP) is 1.95. The summed E-state index contributed by atoms with van der Waals surface area (Å²) in [6.07, 6.45) is 1.16. The second kappa shape index (κ2) is 6.31. The minimum Gasteiger partial charge on any atom is -0.477 e. The Hall–Kier alpha value is -3.69. The van der Waals surface area contributed by atoms with Crippen molar-refractivity contribution in [2.24, 2.45) is 0 Å². The first-order valence-electron chi connectivity index (χ1n) is 7.46. The zero-order valence-corrected chi connectivity index (χ0v) is 13.8. The maximum atomic E-state index is 12.4. The molecule has 0 amide bonds. The number of carboxylic acid groups (broad SMARTS) is 1. The largest absolute Gasteiger partial charge is 0.477 e. The van der Waals surface area contributed by atoms with Gasteiger partial charge in [0.2, 0.25) is 5.95 Å². The van der Waals surface area contributed by atoms with Gasteiger partial charge in [-0.2, -0.15) is 0 Å². The maximum Gasteiger partial charge on any atom is 0.354 e. The number of nitro benzene ring substituents is 1. The maximum absolute atomic E-state index is 12.4. The monoisotopic (exact) mass is 358 g/mol. The highest BCUT2D eigenvalue weighted by Crippen LogP contribution is 2.38. The average molecular weight is 358 g/mol. The summed E-state index contributed by atoms with van der Waals surface area (Å²) in [5, 5.41) is 23.4. The van der Waals surface area contributed by atoms with Gasteiger partial charge in [0.15, 0.2) is 0 Å². The van der Waals surface area contributed by atoms with E-state index in [0.29, 0.717) is 11.3 Å². The Morgan fingerprint density at radius 1 is 1.42 bits per heavy atom. The number of carbonyl (C=O) groups excluding carboxylic acids is 1. The summed E-state index contributed by atoms with van der Waals surface area (Å²) in [6, 6.07) is 4.71. The number of fused-ring (bicyclic) bond motifs is 1. The molecular formula is C16H14N4O6. The van der Waals surface area contributed by atoms with E-state index in [1.165, 1.54) is 29.9 Å². The molecule has 10 nitrogen and oxygen atoms in total. The number of hydrogen-bond donors (Lipinski definition) is 2. The van der Waals surface area contributed by atoms with Crippen LogP contribution in [0.25, 0.3) is 0 Å². The zero-order valence-electron chi connectivity index (χ0n) is 13.8. The fraction of sp³-hybridized carbons (Fsp3) is 0.188. The zero-order chi connectivity index (χ0) is 19.0. The number of ether oxygens (including phenoxy) is 1. The quantitative estimate of drug-likeness (QED) is 0.481. The van der Waals surface area contributed by atoms with Crippen molar-refractivity contribution in [3.8, 4) is 0 Å². The van der Waals surface area contributed by atoms with Crippen LogP contribution >= 0.6 is 0 Å². The minimum atomic E-state index is -1.25. The molecule has 0 saturated heterocycles. The number of aromatic nitrogens is 2. The van der Waals surface area contributed by atoms with Crippen molar-refractivity contribution in [1.82, 2.24) is 9.55 Å². The Labute approximate surface area is 146 Å². The smallest absolute Gasteiger partial charge is 0.354 e. The first kappa shape index (κ1) is 17.1. The number of esters is 1. The van der Waals surface area contributed by atoms with Crippen LogP contribution in [-0.2, 0) is 9.53 Å². The van der Waals surface area contributed by atoms with Gasteiger partial charge in [-0.15, -0.1) is 0 Å². The molecule has 134 valence electrons. The van der Waals surface area contributed by atoms with Crippen molar-refractivity contribution in [2.45, 2.75) is 13.0 Å². The number of imidazole rings is 1. The molecule has 0 spiro atoms. The van der Waals surface area contributed by atoms with Gasteiger partial charge in [0.05, 0.1) is 29.8 Å². The molecule has 1 aromatic heterocycles. The third-order valence-corrected chi connectivity index (χ3v) is 4.05. The number of nitrogens with one attached hydrogen (secondary N) is 1. The number of nitrogens with zero attached hydrogens (tertiary/aromatic N) is 3. The molecule has 0 saturated carbocycles. The molecule has 26 heavy (non-hydrogen) atoms. The number of methoxy groups -OCH3 is 1. The lowest BCUT2D eigenvalue weighted by Crippen LogP contribution is -2.30. The van der Waals surface area contributed by atoms with Gasteiger partial charge in [-0.3, -0.25) is 14.7 Å². The second-order valence-corrected chi connectivity index (χ2v) is 5.55. The summed E-state index contributed by atoms with van der Waals surface area (Å²) in [5.74, 6) is -1.71. The van der Waals surface area contributed by atoms with Crippen molar-refractivity contribution < 1.29 is 24.4 Å². The molecule has 2 heterocycles. The number of rotatable bonds is 4. The molecule has 1 aliphatic rings. The third kappa shape index (κ3) is 2.66. The SMILES string of the molecule is COC(=O)C1=C(C)Nc2ncc(C(=O)O)n2C1c1cccc([N+](=O)[O-])c1. The average Bonchev–Trinajstić information content (AvgIpc) is 3.03. The molecule has 3 rings (SSSR count). The van der Waals surface area contributed by atoms with Crippen LogP contribution in [0.15, 0.2) is 41.7 Å². The number of anilines is 1. The molecule has 2 N–H and O–H groups in total. The van der Waals surface area contributed by atoms with E-state index in [0.717, 1.165) is 6.20 Å². The summed E-state index contributed by atoms with van der Waals surface area (Å²) in [5.41, 5.74) is 0.575. The number of benzene rings is 1. The third-order valence-electron chi connectivity index (χ3n) is 4.05. The van der Waals surface area contributed by atoms with Crippen LogP contribution in [0.1, 0.15) is 29.0 Å². The van der Waals surface area contributed by atoms with Gasteiger partial charge in [0, 0.05) is 17.8 Å². The standard InChI is InChI=1S/C16H14N4O6/c1-8-12(15(23)26-2)13(9-4-3-5-10(6-9)20(24)25)19-11(14(21)22)7-17-16(19)18-8/h3-7,13H,1-2H3,(H,17,18)(H,21,22). The molecule has 2 aromatic rings. The van der Waals surface area contributed by atoms with Crippen LogP contribution in [-0.4, -0.2) is 38.6 Å². The van der Waals surface area contributed by atoms with Crippen LogP contribution in [0.5, 0.6) is 0 Å². The minimum absolute atomic E-state index is 0.140. The number of carboxylic acids is 1. The van der Waals surface area contributed by atoms with Gasteiger partial charge in [-0.25, -0.2) is 14.6 Å². The van der Waals surface area contributed by atoms with Gasteiger partial charge in [0.25, 0.3) is 5.69 Å². The lowest BCUT2D eigenvalue weighted by Gasteiger charge is -2.30. The normalized spacial score (nSPS) is 15.8. The predicted molar refractivity (Wildman–Crippen MR) is 88.8 cm³/mol. The Bertz CT molecular complexity index is 961. The van der Waals surface area contributed by atoms with Gasteiger partial charge in [0.1, 0.15) is 5.69 Å². The fourth-order valence-corrected chi connectivity index (χ4v) is 2.94. The van der Waals surface area contributed by atoms with E-state index in [1.807, 2.05) is 0 Å². The summed E-state index contributed by atoms with van der Waals surface area (Å²) in [4.78, 5) is 38.5. The number of hydrogen-bond acceptors (Lipinski definition) is 7. The van der Waals surface area contributed by atoms with Gasteiger partial charge in [-0.1, -0.05) is 12.1 Å². The Morgan fingerprint density at radius 2 is 2.15 bits per heavy atom. The summed E-state index contributed by atoms with van der Waals surface area (Å²) in [6.45, 7) is 1.62. The Balaban J connectivity index is 2.29. The molecule has 1 unspecified atom stereocenters. The summed E-state index contributed by atoms with van der Waals surface area (Å²) in [7, 11) is 1.20. The lowest BCUT2D eigenvalue weighted by molar-refractivity contribution is -0.384.